The Labute approximate surface area is 405 Å². The van der Waals surface area contributed by atoms with E-state index in [1.807, 2.05) is 68.7 Å². The number of aliphatic hydroxyl groups is 1. The monoisotopic (exact) mass is 987 g/mol. The van der Waals surface area contributed by atoms with Gasteiger partial charge in [0.25, 0.3) is 11.8 Å². The number of hydrogen-bond donors (Lipinski definition) is 3. The Morgan fingerprint density at radius 2 is 1.75 bits per heavy atom. The molecule has 0 spiro atoms. The van der Waals surface area contributed by atoms with Gasteiger partial charge in [0, 0.05) is 66.0 Å². The number of nitrogens with zero attached hydrogens (tertiary/aromatic N) is 7. The number of nitrogens with one attached hydrogen (secondary N) is 2. The van der Waals surface area contributed by atoms with Crippen molar-refractivity contribution in [3.05, 3.63) is 115 Å². The average Bonchev–Trinajstić information content (AvgIpc) is 4.14. The Morgan fingerprint density at radius 1 is 1.01 bits per heavy atom. The number of β-amino-alcohol motifs (C(OH)–C–C–N with tert-alkyl or cyclic N) is 1. The van der Waals surface area contributed by atoms with Gasteiger partial charge in [0.2, 0.25) is 17.7 Å². The fourth-order valence-electron chi connectivity index (χ4n) is 8.56. The Kier molecular flexibility index (Phi) is 14.5. The molecular weight excluding hydrogens is 936 g/mol. The Bertz CT molecular complexity index is 2820. The molecule has 0 aliphatic carbocycles. The van der Waals surface area contributed by atoms with Gasteiger partial charge in [-0.25, -0.2) is 13.8 Å². The van der Waals surface area contributed by atoms with Gasteiger partial charge in [-0.3, -0.25) is 23.9 Å². The number of thiazole rings is 1. The van der Waals surface area contributed by atoms with Crippen molar-refractivity contribution in [1.82, 2.24) is 40.4 Å². The maximum Gasteiger partial charge on any atom is 0.254 e. The molecule has 15 nitrogen and oxygen atoms in total. The van der Waals surface area contributed by atoms with Gasteiger partial charge < -0.3 is 29.9 Å². The molecule has 20 heteroatoms. The summed E-state index contributed by atoms with van der Waals surface area (Å²) in [5.74, 6) is -4.59. The van der Waals surface area contributed by atoms with Crippen LogP contribution >= 0.6 is 34.3 Å². The summed E-state index contributed by atoms with van der Waals surface area (Å²) in [6.07, 6.45) is -2.33. The van der Waals surface area contributed by atoms with E-state index in [1.165, 1.54) is 11.0 Å². The maximum absolute atomic E-state index is 15.2. The lowest BCUT2D eigenvalue weighted by atomic mass is 9.91. The highest BCUT2D eigenvalue weighted by Gasteiger charge is 2.43. The number of aromatic nitrogens is 5. The first kappa shape index (κ1) is 48.6. The lowest BCUT2D eigenvalue weighted by Crippen LogP contribution is -2.48. The maximum atomic E-state index is 15.2. The minimum Gasteiger partial charge on any atom is -0.475 e. The SMILES string of the molecule is Cc1ncsc1-c1ccc(CNC(=O)[C@@H]2C[C@@H](O)CN2C(=O)C(c2cc(OCCC(F)(F)CCNC(=O)C[C@@H]3N=C(c4ccc(Cl)cc4)c4c(sc(C)c4C)-n4c(C)nnc43)no2)C(C)C)cc1. The summed E-state index contributed by atoms with van der Waals surface area (Å²) in [6, 6.07) is 14.8. The minimum atomic E-state index is -3.21. The predicted octanol–water partition coefficient (Wildman–Crippen LogP) is 8.24. The van der Waals surface area contributed by atoms with Crippen molar-refractivity contribution in [1.29, 1.82) is 0 Å². The molecule has 3 amide bonds. The van der Waals surface area contributed by atoms with Crippen LogP contribution in [0.1, 0.15) is 102 Å². The van der Waals surface area contributed by atoms with Gasteiger partial charge in [0.1, 0.15) is 28.8 Å². The molecule has 8 rings (SSSR count). The fourth-order valence-corrected chi connectivity index (χ4v) is 10.7. The van der Waals surface area contributed by atoms with Gasteiger partial charge in [-0.1, -0.05) is 61.8 Å². The number of aliphatic imine (C=N–C) groups is 1. The van der Waals surface area contributed by atoms with Crippen molar-refractivity contribution in [2.45, 2.75) is 104 Å². The molecule has 1 fully saturated rings. The Balaban J connectivity index is 0.837. The highest BCUT2D eigenvalue weighted by atomic mass is 35.5. The molecule has 2 aliphatic heterocycles. The number of carbonyl (C=O) groups excluding carboxylic acids is 3. The second-order valence-corrected chi connectivity index (χ2v) is 20.0. The molecule has 358 valence electrons. The zero-order valence-corrected chi connectivity index (χ0v) is 40.8. The largest absolute Gasteiger partial charge is 0.475 e. The van der Waals surface area contributed by atoms with Gasteiger partial charge in [0.05, 0.1) is 40.9 Å². The number of rotatable bonds is 17. The molecule has 1 unspecified atom stereocenters. The summed E-state index contributed by atoms with van der Waals surface area (Å²) in [7, 11) is 0. The van der Waals surface area contributed by atoms with Crippen molar-refractivity contribution in [2.24, 2.45) is 10.9 Å². The zero-order valence-electron chi connectivity index (χ0n) is 38.4. The molecule has 4 aromatic heterocycles. The number of amides is 3. The molecule has 1 saturated heterocycles. The molecule has 2 aromatic carbocycles. The summed E-state index contributed by atoms with van der Waals surface area (Å²) < 4.78 is 43.4. The summed E-state index contributed by atoms with van der Waals surface area (Å²) in [6.45, 7) is 10.9. The molecule has 6 heterocycles. The quantitative estimate of drug-likeness (QED) is 0.0803. The van der Waals surface area contributed by atoms with E-state index in [0.29, 0.717) is 22.4 Å². The number of ether oxygens (including phenoxy) is 1. The predicted molar refractivity (Wildman–Crippen MR) is 255 cm³/mol. The smallest absolute Gasteiger partial charge is 0.254 e. The van der Waals surface area contributed by atoms with E-state index >= 15 is 8.78 Å². The van der Waals surface area contributed by atoms with Crippen LogP contribution in [0.5, 0.6) is 5.88 Å². The second kappa shape index (κ2) is 20.4. The molecule has 4 atom stereocenters. The lowest BCUT2D eigenvalue weighted by Gasteiger charge is -2.28. The van der Waals surface area contributed by atoms with Gasteiger partial charge in [0.15, 0.2) is 11.6 Å². The first-order valence-electron chi connectivity index (χ1n) is 22.3. The molecule has 68 heavy (non-hydrogen) atoms. The summed E-state index contributed by atoms with van der Waals surface area (Å²) in [5.41, 5.74) is 8.08. The van der Waals surface area contributed by atoms with Crippen molar-refractivity contribution >= 4 is 57.7 Å². The van der Waals surface area contributed by atoms with E-state index in [1.54, 1.807) is 54.2 Å². The number of thiophene rings is 1. The Hall–Kier alpha value is -5.89. The number of aryl methyl sites for hydroxylation is 3. The molecule has 0 saturated carbocycles. The number of carbonyl (C=O) groups is 3. The topological polar surface area (TPSA) is 190 Å². The standard InChI is InChI=1S/C48H52ClF2N9O6S2/c1-25(2)40(46(64)59-23-34(61)19-36(59)45(63)53-22-30-7-9-32(10-8-30)43-27(4)54-24-67-43)37-21-39(58-66-37)65-18-16-48(50,51)15-17-52-38(62)20-35-44-57-56-29(6)60(44)47-41(26(3)28(5)68-47)42(55-35)31-11-13-33(49)14-12-31/h7-14,21,24-25,34-36,40,61H,15-20,22-23H2,1-6H3,(H,52,62)(H,53,63)/t34-,35+,36+,40?/m1/s1. The fraction of sp³-hybridized carbons (Fsp3) is 0.417. The van der Waals surface area contributed by atoms with Crippen molar-refractivity contribution in [3.8, 4) is 21.3 Å². The van der Waals surface area contributed by atoms with Gasteiger partial charge in [-0.15, -0.1) is 32.9 Å². The van der Waals surface area contributed by atoms with Crippen LogP contribution in [-0.4, -0.2) is 96.1 Å². The van der Waals surface area contributed by atoms with Crippen LogP contribution in [-0.2, 0) is 20.9 Å². The van der Waals surface area contributed by atoms with Crippen LogP contribution in [0, 0.1) is 33.6 Å². The molecule has 3 N–H and O–H groups in total. The molecule has 2 aliphatic rings. The molecule has 0 radical (unpaired) electrons. The number of alkyl halides is 2. The molecule has 6 aromatic rings. The van der Waals surface area contributed by atoms with Gasteiger partial charge in [-0.2, -0.15) is 0 Å². The number of aliphatic hydroxyl groups excluding tert-OH is 1. The second-order valence-electron chi connectivity index (χ2n) is 17.5. The van der Waals surface area contributed by atoms with Crippen molar-refractivity contribution < 1.29 is 37.5 Å². The van der Waals surface area contributed by atoms with E-state index in [-0.39, 0.29) is 50.0 Å². The first-order chi connectivity index (χ1) is 32.5. The molecular formula is C48H52ClF2N9O6S2. The summed E-state index contributed by atoms with van der Waals surface area (Å²) in [4.78, 5) is 53.9. The third-order valence-corrected chi connectivity index (χ3v) is 14.7. The van der Waals surface area contributed by atoms with E-state index < -0.39 is 67.2 Å². The number of hydrogen-bond acceptors (Lipinski definition) is 13. The normalized spacial score (nSPS) is 17.4. The zero-order chi connectivity index (χ0) is 48.4. The average molecular weight is 989 g/mol. The van der Waals surface area contributed by atoms with E-state index in [0.717, 1.165) is 48.3 Å². The summed E-state index contributed by atoms with van der Waals surface area (Å²) >= 11 is 9.35. The minimum absolute atomic E-state index is 0.0475. The van der Waals surface area contributed by atoms with Crippen LogP contribution in [0.3, 0.4) is 0 Å². The highest BCUT2D eigenvalue weighted by molar-refractivity contribution is 7.15. The Morgan fingerprint density at radius 3 is 2.46 bits per heavy atom. The number of benzene rings is 2. The number of halogens is 3. The number of likely N-dealkylation sites (tertiary alicyclic amines) is 1. The van der Waals surface area contributed by atoms with Crippen LogP contribution < -0.4 is 15.4 Å². The number of fused-ring (bicyclic) bond motifs is 3. The van der Waals surface area contributed by atoms with Crippen molar-refractivity contribution in [2.75, 3.05) is 19.7 Å². The summed E-state index contributed by atoms with van der Waals surface area (Å²) in [5, 5.41) is 30.2. The third kappa shape index (κ3) is 10.5. The van der Waals surface area contributed by atoms with Crippen LogP contribution in [0.15, 0.2) is 69.6 Å². The third-order valence-electron chi connectivity index (χ3n) is 12.3. The van der Waals surface area contributed by atoms with Crippen LogP contribution in [0.4, 0.5) is 8.78 Å². The molecule has 0 bridgehead atoms. The lowest BCUT2D eigenvalue weighted by molar-refractivity contribution is -0.141. The first-order valence-corrected chi connectivity index (χ1v) is 24.4. The van der Waals surface area contributed by atoms with E-state index in [4.69, 9.17) is 25.9 Å². The van der Waals surface area contributed by atoms with Crippen LogP contribution in [0.2, 0.25) is 5.02 Å². The van der Waals surface area contributed by atoms with Crippen molar-refractivity contribution in [3.63, 3.8) is 0 Å². The van der Waals surface area contributed by atoms with Crippen LogP contribution in [0.25, 0.3) is 15.4 Å². The highest BCUT2D eigenvalue weighted by Crippen LogP contribution is 2.40. The van der Waals surface area contributed by atoms with E-state index in [2.05, 4.69) is 31.0 Å². The van der Waals surface area contributed by atoms with E-state index in [9.17, 15) is 19.5 Å². The van der Waals surface area contributed by atoms with Gasteiger partial charge in [-0.05, 0) is 67.6 Å². The van der Waals surface area contributed by atoms with Gasteiger partial charge >= 0.3 is 0 Å².